The summed E-state index contributed by atoms with van der Waals surface area (Å²) in [5.74, 6) is -1.07. The van der Waals surface area contributed by atoms with Gasteiger partial charge < -0.3 is 9.90 Å². The number of carboxylic acids is 1. The number of carboxylic acid groups (broad SMARTS) is 1. The summed E-state index contributed by atoms with van der Waals surface area (Å²) < 4.78 is 1.77. The van der Waals surface area contributed by atoms with Gasteiger partial charge in [0.25, 0.3) is 5.01 Å². The van der Waals surface area contributed by atoms with Gasteiger partial charge in [0, 0.05) is 6.42 Å². The Bertz CT molecular complexity index is 309. The first-order chi connectivity index (χ1) is 7.25. The molecule has 0 aliphatic heterocycles. The van der Waals surface area contributed by atoms with Crippen LogP contribution in [0.4, 0.5) is 0 Å². The van der Waals surface area contributed by atoms with Crippen molar-refractivity contribution in [3.05, 3.63) is 16.6 Å². The van der Waals surface area contributed by atoms with Crippen molar-refractivity contribution in [3.63, 3.8) is 0 Å². The summed E-state index contributed by atoms with van der Waals surface area (Å²) in [6, 6.07) is 0. The van der Waals surface area contributed by atoms with Crippen LogP contribution in [0.2, 0.25) is 0 Å². The van der Waals surface area contributed by atoms with E-state index in [-0.39, 0.29) is 0 Å². The van der Waals surface area contributed by atoms with Crippen LogP contribution in [0.3, 0.4) is 0 Å². The predicted molar refractivity (Wildman–Crippen MR) is 57.6 cm³/mol. The first kappa shape index (κ1) is 12.2. The molecule has 0 N–H and O–H groups in total. The number of aromatic carboxylic acids is 1. The molecule has 0 saturated carbocycles. The van der Waals surface area contributed by atoms with Gasteiger partial charge in [0.2, 0.25) is 0 Å². The van der Waals surface area contributed by atoms with E-state index >= 15 is 0 Å². The molecule has 0 bridgehead atoms. The summed E-state index contributed by atoms with van der Waals surface area (Å²) in [6.45, 7) is 2.97. The monoisotopic (exact) mass is 227 g/mol. The minimum Gasteiger partial charge on any atom is -0.539 e. The number of hydrogen-bond donors (Lipinski definition) is 0. The number of aryl methyl sites for hydroxylation is 1. The van der Waals surface area contributed by atoms with Gasteiger partial charge in [-0.1, -0.05) is 37.5 Å². The highest BCUT2D eigenvalue weighted by Gasteiger charge is 2.12. The molecule has 0 atom stereocenters. The Hall–Kier alpha value is -0.900. The van der Waals surface area contributed by atoms with Crippen molar-refractivity contribution in [2.75, 3.05) is 0 Å². The number of rotatable bonds is 7. The molecule has 3 nitrogen and oxygen atoms in total. The van der Waals surface area contributed by atoms with Crippen LogP contribution in [0.5, 0.6) is 0 Å². The minimum absolute atomic E-state index is 0.325. The second kappa shape index (κ2) is 6.56. The number of thiazole rings is 1. The second-order valence-corrected chi connectivity index (χ2v) is 4.50. The SMILES string of the molecule is CCCCCCC[n+]1ccsc1C(=O)[O-]. The van der Waals surface area contributed by atoms with Gasteiger partial charge in [-0.3, -0.25) is 0 Å². The fourth-order valence-corrected chi connectivity index (χ4v) is 2.25. The highest BCUT2D eigenvalue weighted by molar-refractivity contribution is 7.11. The van der Waals surface area contributed by atoms with Crippen molar-refractivity contribution in [1.82, 2.24) is 0 Å². The smallest absolute Gasteiger partial charge is 0.284 e. The molecule has 0 aliphatic carbocycles. The zero-order valence-corrected chi connectivity index (χ0v) is 9.89. The van der Waals surface area contributed by atoms with Gasteiger partial charge in [0.15, 0.2) is 12.2 Å². The van der Waals surface area contributed by atoms with E-state index in [4.69, 9.17) is 0 Å². The van der Waals surface area contributed by atoms with E-state index in [0.29, 0.717) is 5.01 Å². The molecule has 0 aromatic carbocycles. The lowest BCUT2D eigenvalue weighted by atomic mass is 10.1. The van der Waals surface area contributed by atoms with Gasteiger partial charge in [-0.05, 0) is 6.42 Å². The van der Waals surface area contributed by atoms with E-state index in [1.54, 1.807) is 9.95 Å². The van der Waals surface area contributed by atoms with Crippen LogP contribution in [-0.4, -0.2) is 5.97 Å². The number of hydrogen-bond acceptors (Lipinski definition) is 3. The number of carbonyl (C=O) groups is 1. The van der Waals surface area contributed by atoms with E-state index in [1.165, 1.54) is 37.0 Å². The molecule has 1 rings (SSSR count). The average Bonchev–Trinajstić information content (AvgIpc) is 2.66. The normalized spacial score (nSPS) is 10.5. The maximum absolute atomic E-state index is 10.7. The van der Waals surface area contributed by atoms with Crippen LogP contribution in [0, 0.1) is 0 Å². The van der Waals surface area contributed by atoms with Crippen molar-refractivity contribution in [2.24, 2.45) is 0 Å². The number of aromatic nitrogens is 1. The largest absolute Gasteiger partial charge is 0.539 e. The fourth-order valence-electron chi connectivity index (χ4n) is 1.53. The Morgan fingerprint density at radius 2 is 2.13 bits per heavy atom. The molecule has 84 valence electrons. The first-order valence-corrected chi connectivity index (χ1v) is 6.32. The first-order valence-electron chi connectivity index (χ1n) is 5.44. The van der Waals surface area contributed by atoms with Gasteiger partial charge in [0.05, 0.1) is 5.38 Å². The van der Waals surface area contributed by atoms with E-state index in [0.717, 1.165) is 13.0 Å². The van der Waals surface area contributed by atoms with Crippen LogP contribution < -0.4 is 9.67 Å². The Morgan fingerprint density at radius 1 is 1.40 bits per heavy atom. The topological polar surface area (TPSA) is 44.0 Å². The molecule has 0 unspecified atom stereocenters. The highest BCUT2D eigenvalue weighted by Crippen LogP contribution is 2.04. The fraction of sp³-hybridized carbons (Fsp3) is 0.636. The van der Waals surface area contributed by atoms with E-state index in [2.05, 4.69) is 6.92 Å². The van der Waals surface area contributed by atoms with Crippen LogP contribution in [0.15, 0.2) is 11.6 Å². The zero-order chi connectivity index (χ0) is 11.1. The van der Waals surface area contributed by atoms with Crippen LogP contribution >= 0.6 is 11.3 Å². The number of carbonyl (C=O) groups excluding carboxylic acids is 1. The molecule has 1 aromatic heterocycles. The Morgan fingerprint density at radius 3 is 2.80 bits per heavy atom. The lowest BCUT2D eigenvalue weighted by Crippen LogP contribution is -2.41. The third-order valence-electron chi connectivity index (χ3n) is 2.36. The van der Waals surface area contributed by atoms with Gasteiger partial charge in [-0.15, -0.1) is 0 Å². The Balaban J connectivity index is 2.31. The summed E-state index contributed by atoms with van der Waals surface area (Å²) in [5.41, 5.74) is 0. The summed E-state index contributed by atoms with van der Waals surface area (Å²) in [6.07, 6.45) is 7.76. The Kier molecular flexibility index (Phi) is 5.32. The van der Waals surface area contributed by atoms with Crippen molar-refractivity contribution in [1.29, 1.82) is 0 Å². The lowest BCUT2D eigenvalue weighted by molar-refractivity contribution is -0.696. The third-order valence-corrected chi connectivity index (χ3v) is 3.24. The minimum atomic E-state index is -1.07. The lowest BCUT2D eigenvalue weighted by Gasteiger charge is -1.99. The number of nitrogens with zero attached hydrogens (tertiary/aromatic N) is 1. The molecule has 1 aromatic rings. The van der Waals surface area contributed by atoms with Crippen molar-refractivity contribution in [3.8, 4) is 0 Å². The maximum Gasteiger partial charge on any atom is 0.284 e. The second-order valence-electron chi connectivity index (χ2n) is 3.60. The molecule has 0 aliphatic rings. The van der Waals surface area contributed by atoms with Crippen molar-refractivity contribution >= 4 is 17.3 Å². The molecule has 0 amide bonds. The van der Waals surface area contributed by atoms with E-state index in [1.807, 2.05) is 6.20 Å². The van der Waals surface area contributed by atoms with Gasteiger partial charge in [0.1, 0.15) is 6.54 Å². The molecule has 0 saturated heterocycles. The van der Waals surface area contributed by atoms with Crippen LogP contribution in [0.25, 0.3) is 0 Å². The summed E-state index contributed by atoms with van der Waals surface area (Å²) in [7, 11) is 0. The summed E-state index contributed by atoms with van der Waals surface area (Å²) in [5, 5.41) is 12.8. The molecular weight excluding hydrogens is 210 g/mol. The van der Waals surface area contributed by atoms with E-state index in [9.17, 15) is 9.90 Å². The highest BCUT2D eigenvalue weighted by atomic mass is 32.1. The number of unbranched alkanes of at least 4 members (excludes halogenated alkanes) is 4. The molecule has 1 heterocycles. The predicted octanol–water partition coefficient (Wildman–Crippen LogP) is 1.37. The van der Waals surface area contributed by atoms with Gasteiger partial charge in [-0.2, -0.15) is 4.57 Å². The average molecular weight is 227 g/mol. The van der Waals surface area contributed by atoms with Gasteiger partial charge in [-0.25, -0.2) is 0 Å². The molecule has 0 fully saturated rings. The maximum atomic E-state index is 10.7. The molecular formula is C11H17NO2S. The summed E-state index contributed by atoms with van der Waals surface area (Å²) in [4.78, 5) is 10.7. The third kappa shape index (κ3) is 4.00. The molecule has 0 radical (unpaired) electrons. The summed E-state index contributed by atoms with van der Waals surface area (Å²) >= 11 is 1.23. The Labute approximate surface area is 94.4 Å². The van der Waals surface area contributed by atoms with Crippen LogP contribution in [-0.2, 0) is 6.54 Å². The standard InChI is InChI=1S/C11H17NO2S/c1-2-3-4-5-6-7-12-8-9-15-10(12)11(13)14/h8-9H,2-7H2,1H3. The van der Waals surface area contributed by atoms with E-state index < -0.39 is 5.97 Å². The zero-order valence-electron chi connectivity index (χ0n) is 9.07. The molecule has 15 heavy (non-hydrogen) atoms. The van der Waals surface area contributed by atoms with Crippen molar-refractivity contribution in [2.45, 2.75) is 45.6 Å². The quantitative estimate of drug-likeness (QED) is 0.521. The van der Waals surface area contributed by atoms with Gasteiger partial charge >= 0.3 is 0 Å². The van der Waals surface area contributed by atoms with Crippen molar-refractivity contribution < 1.29 is 14.5 Å². The molecule has 0 spiro atoms. The molecule has 4 heteroatoms. The van der Waals surface area contributed by atoms with Crippen LogP contribution in [0.1, 0.15) is 48.8 Å².